The van der Waals surface area contributed by atoms with Gasteiger partial charge in [0.1, 0.15) is 6.54 Å². The van der Waals surface area contributed by atoms with Gasteiger partial charge in [0.15, 0.2) is 0 Å². The summed E-state index contributed by atoms with van der Waals surface area (Å²) in [7, 11) is 0. The molecule has 0 atom stereocenters. The smallest absolute Gasteiger partial charge is 0.376 e. The zero-order chi connectivity index (χ0) is 13.9. The number of amides is 1. The van der Waals surface area contributed by atoms with E-state index in [1.807, 2.05) is 23.6 Å². The van der Waals surface area contributed by atoms with E-state index in [2.05, 4.69) is 5.32 Å². The zero-order valence-corrected chi connectivity index (χ0v) is 10.6. The topological polar surface area (TPSA) is 41.1 Å². The van der Waals surface area contributed by atoms with E-state index in [0.29, 0.717) is 5.69 Å². The number of anilines is 1. The summed E-state index contributed by atoms with van der Waals surface area (Å²) in [6, 6.07) is 7.48. The number of fused-ring (bicyclic) bond motifs is 1. The molecule has 2 N–H and O–H groups in total. The minimum atomic E-state index is -4.38. The van der Waals surface area contributed by atoms with Crippen molar-refractivity contribution < 1.29 is 18.0 Å². The summed E-state index contributed by atoms with van der Waals surface area (Å²) < 4.78 is 36.8. The second-order valence-corrected chi connectivity index (χ2v) is 4.87. The Morgan fingerprint density at radius 1 is 1.26 bits per heavy atom. The lowest BCUT2D eigenvalue weighted by Crippen LogP contribution is -2.37. The van der Waals surface area contributed by atoms with Crippen molar-refractivity contribution in [2.45, 2.75) is 6.18 Å². The van der Waals surface area contributed by atoms with E-state index in [9.17, 15) is 18.0 Å². The number of hydrogen-bond acceptors (Lipinski definition) is 3. The fourth-order valence-electron chi connectivity index (χ4n) is 1.52. The first-order chi connectivity index (χ1) is 8.94. The molecule has 7 heteroatoms. The van der Waals surface area contributed by atoms with Gasteiger partial charge in [0, 0.05) is 10.4 Å². The van der Waals surface area contributed by atoms with Gasteiger partial charge in [-0.25, -0.2) is 0 Å². The normalized spacial score (nSPS) is 11.5. The molecular formula is C12H11F3N2OS. The first-order valence-electron chi connectivity index (χ1n) is 5.49. The quantitative estimate of drug-likeness (QED) is 0.908. The van der Waals surface area contributed by atoms with Crippen molar-refractivity contribution in [3.8, 4) is 0 Å². The molecule has 1 aromatic heterocycles. The van der Waals surface area contributed by atoms with E-state index >= 15 is 0 Å². The molecule has 102 valence electrons. The van der Waals surface area contributed by atoms with Crippen LogP contribution in [0, 0.1) is 0 Å². The zero-order valence-electron chi connectivity index (χ0n) is 9.75. The SMILES string of the molecule is O=C(CNc1ccc2sccc2c1)NCC(F)(F)F. The van der Waals surface area contributed by atoms with Crippen molar-refractivity contribution in [3.05, 3.63) is 29.6 Å². The lowest BCUT2D eigenvalue weighted by molar-refractivity contribution is -0.137. The summed E-state index contributed by atoms with van der Waals surface area (Å²) in [4.78, 5) is 11.2. The van der Waals surface area contributed by atoms with Gasteiger partial charge in [-0.15, -0.1) is 11.3 Å². The maximum atomic E-state index is 11.9. The molecule has 0 aliphatic carbocycles. The van der Waals surface area contributed by atoms with Gasteiger partial charge in [-0.05, 0) is 35.0 Å². The van der Waals surface area contributed by atoms with Crippen molar-refractivity contribution in [2.24, 2.45) is 0 Å². The molecule has 3 nitrogen and oxygen atoms in total. The Balaban J connectivity index is 1.86. The van der Waals surface area contributed by atoms with Gasteiger partial charge in [0.05, 0.1) is 6.54 Å². The average molecular weight is 288 g/mol. The first-order valence-corrected chi connectivity index (χ1v) is 6.36. The third kappa shape index (κ3) is 4.13. The van der Waals surface area contributed by atoms with Gasteiger partial charge < -0.3 is 10.6 Å². The molecule has 0 radical (unpaired) electrons. The Bertz CT molecular complexity index is 580. The van der Waals surface area contributed by atoms with Crippen molar-refractivity contribution >= 4 is 33.0 Å². The molecule has 1 aromatic carbocycles. The monoisotopic (exact) mass is 288 g/mol. The number of thiophene rings is 1. The van der Waals surface area contributed by atoms with Gasteiger partial charge in [-0.1, -0.05) is 0 Å². The number of rotatable bonds is 4. The molecule has 0 fully saturated rings. The van der Waals surface area contributed by atoms with Crippen LogP contribution in [0.2, 0.25) is 0 Å². The van der Waals surface area contributed by atoms with Gasteiger partial charge in [0.2, 0.25) is 5.91 Å². The van der Waals surface area contributed by atoms with Crippen LogP contribution < -0.4 is 10.6 Å². The highest BCUT2D eigenvalue weighted by Gasteiger charge is 2.27. The Morgan fingerprint density at radius 3 is 2.79 bits per heavy atom. The van der Waals surface area contributed by atoms with Crippen molar-refractivity contribution in [2.75, 3.05) is 18.4 Å². The number of nitrogens with one attached hydrogen (secondary N) is 2. The van der Waals surface area contributed by atoms with Crippen molar-refractivity contribution in [1.82, 2.24) is 5.32 Å². The summed E-state index contributed by atoms with van der Waals surface area (Å²) in [6.07, 6.45) is -4.38. The molecule has 19 heavy (non-hydrogen) atoms. The fourth-order valence-corrected chi connectivity index (χ4v) is 2.29. The molecule has 0 bridgehead atoms. The maximum Gasteiger partial charge on any atom is 0.405 e. The number of hydrogen-bond donors (Lipinski definition) is 2. The van der Waals surface area contributed by atoms with E-state index in [1.165, 1.54) is 0 Å². The van der Waals surface area contributed by atoms with Crippen LogP contribution in [0.3, 0.4) is 0 Å². The highest BCUT2D eigenvalue weighted by atomic mass is 32.1. The van der Waals surface area contributed by atoms with E-state index in [4.69, 9.17) is 0 Å². The van der Waals surface area contributed by atoms with Crippen LogP contribution in [0.5, 0.6) is 0 Å². The Labute approximate surface area is 111 Å². The maximum absolute atomic E-state index is 11.9. The molecule has 1 heterocycles. The van der Waals surface area contributed by atoms with Crippen LogP contribution in [-0.2, 0) is 4.79 Å². The molecule has 0 saturated heterocycles. The Kier molecular flexibility index (Phi) is 3.94. The van der Waals surface area contributed by atoms with E-state index < -0.39 is 18.6 Å². The number of benzene rings is 1. The number of carbonyl (C=O) groups is 1. The van der Waals surface area contributed by atoms with E-state index in [0.717, 1.165) is 10.1 Å². The summed E-state index contributed by atoms with van der Waals surface area (Å²) >= 11 is 1.60. The first kappa shape index (κ1) is 13.7. The summed E-state index contributed by atoms with van der Waals surface area (Å²) in [6.45, 7) is -1.50. The molecule has 0 aliphatic heterocycles. The molecular weight excluding hydrogens is 277 g/mol. The van der Waals surface area contributed by atoms with Crippen LogP contribution in [0.15, 0.2) is 29.6 Å². The van der Waals surface area contributed by atoms with Crippen LogP contribution in [-0.4, -0.2) is 25.2 Å². The predicted molar refractivity (Wildman–Crippen MR) is 69.4 cm³/mol. The lowest BCUT2D eigenvalue weighted by atomic mass is 10.2. The molecule has 0 aliphatic rings. The lowest BCUT2D eigenvalue weighted by Gasteiger charge is -2.09. The standard InChI is InChI=1S/C12H11F3N2OS/c13-12(14,15)7-17-11(18)6-16-9-1-2-10-8(5-9)3-4-19-10/h1-5,16H,6-7H2,(H,17,18). The van der Waals surface area contributed by atoms with Crippen LogP contribution in [0.4, 0.5) is 18.9 Å². The van der Waals surface area contributed by atoms with Gasteiger partial charge >= 0.3 is 6.18 Å². The molecule has 1 amide bonds. The number of halogens is 3. The van der Waals surface area contributed by atoms with Gasteiger partial charge in [0.25, 0.3) is 0 Å². The van der Waals surface area contributed by atoms with E-state index in [1.54, 1.807) is 22.7 Å². The molecule has 0 saturated carbocycles. The minimum absolute atomic E-state index is 0.189. The van der Waals surface area contributed by atoms with E-state index in [-0.39, 0.29) is 6.54 Å². The second kappa shape index (κ2) is 5.48. The number of carbonyl (C=O) groups excluding carboxylic acids is 1. The minimum Gasteiger partial charge on any atom is -0.376 e. The predicted octanol–water partition coefficient (Wildman–Crippen LogP) is 2.99. The summed E-state index contributed by atoms with van der Waals surface area (Å²) in [5, 5.41) is 7.57. The molecule has 0 unspecified atom stereocenters. The molecule has 0 spiro atoms. The summed E-state index contributed by atoms with van der Waals surface area (Å²) in [5.74, 6) is -0.692. The second-order valence-electron chi connectivity index (χ2n) is 3.92. The average Bonchev–Trinajstić information content (AvgIpc) is 2.80. The number of alkyl halides is 3. The van der Waals surface area contributed by atoms with Crippen LogP contribution >= 0.6 is 11.3 Å². The van der Waals surface area contributed by atoms with Gasteiger partial charge in [-0.2, -0.15) is 13.2 Å². The molecule has 2 rings (SSSR count). The Morgan fingerprint density at radius 2 is 2.05 bits per heavy atom. The van der Waals surface area contributed by atoms with Crippen LogP contribution in [0.1, 0.15) is 0 Å². The molecule has 2 aromatic rings. The largest absolute Gasteiger partial charge is 0.405 e. The summed E-state index contributed by atoms with van der Waals surface area (Å²) in [5.41, 5.74) is 0.702. The van der Waals surface area contributed by atoms with Gasteiger partial charge in [-0.3, -0.25) is 4.79 Å². The highest BCUT2D eigenvalue weighted by Crippen LogP contribution is 2.23. The Hall–Kier alpha value is -1.76. The third-order valence-electron chi connectivity index (χ3n) is 2.39. The van der Waals surface area contributed by atoms with Crippen molar-refractivity contribution in [3.63, 3.8) is 0 Å². The van der Waals surface area contributed by atoms with Crippen LogP contribution in [0.25, 0.3) is 10.1 Å². The highest BCUT2D eigenvalue weighted by molar-refractivity contribution is 7.17. The third-order valence-corrected chi connectivity index (χ3v) is 3.29. The fraction of sp³-hybridized carbons (Fsp3) is 0.250. The van der Waals surface area contributed by atoms with Crippen molar-refractivity contribution in [1.29, 1.82) is 0 Å².